The molecule has 2 aliphatic rings. The lowest BCUT2D eigenvalue weighted by molar-refractivity contribution is -0.125. The number of benzene rings is 1. The number of halogens is 2. The molecule has 8 heteroatoms. The standard InChI is InChI=1S/C16H20BrN3O3.ClH/c17-12-3-4-13-14(6-12)23-10-16(22)20(13)9-15(21)19-8-11-2-1-5-18-7-11;/h3-4,6,11,18H,1-2,5,7-10H2,(H,19,21);1H. The van der Waals surface area contributed by atoms with E-state index < -0.39 is 0 Å². The molecule has 0 spiro atoms. The number of piperidine rings is 1. The summed E-state index contributed by atoms with van der Waals surface area (Å²) in [5.74, 6) is 0.744. The molecule has 0 aliphatic carbocycles. The fourth-order valence-electron chi connectivity index (χ4n) is 2.91. The van der Waals surface area contributed by atoms with Crippen LogP contribution in [0.3, 0.4) is 0 Å². The molecule has 0 saturated carbocycles. The smallest absolute Gasteiger partial charge is 0.265 e. The SMILES string of the molecule is Cl.O=C(CN1C(=O)COc2cc(Br)ccc21)NCC1CCCNC1. The first-order chi connectivity index (χ1) is 11.1. The minimum Gasteiger partial charge on any atom is -0.482 e. The molecule has 1 atom stereocenters. The minimum absolute atomic E-state index is 0. The van der Waals surface area contributed by atoms with Crippen molar-refractivity contribution in [3.63, 3.8) is 0 Å². The van der Waals surface area contributed by atoms with Crippen molar-refractivity contribution >= 4 is 45.8 Å². The van der Waals surface area contributed by atoms with Gasteiger partial charge in [0, 0.05) is 11.0 Å². The summed E-state index contributed by atoms with van der Waals surface area (Å²) < 4.78 is 6.30. The van der Waals surface area contributed by atoms with Crippen molar-refractivity contribution in [2.24, 2.45) is 5.92 Å². The Hall–Kier alpha value is -1.31. The summed E-state index contributed by atoms with van der Waals surface area (Å²) in [6.07, 6.45) is 2.27. The highest BCUT2D eigenvalue weighted by Crippen LogP contribution is 2.34. The van der Waals surface area contributed by atoms with Gasteiger partial charge in [-0.15, -0.1) is 12.4 Å². The molecule has 1 unspecified atom stereocenters. The molecule has 1 aromatic rings. The Morgan fingerprint density at radius 1 is 1.46 bits per heavy atom. The summed E-state index contributed by atoms with van der Waals surface area (Å²) in [6, 6.07) is 5.43. The van der Waals surface area contributed by atoms with Gasteiger partial charge in [-0.1, -0.05) is 15.9 Å². The van der Waals surface area contributed by atoms with Gasteiger partial charge in [0.15, 0.2) is 6.61 Å². The van der Waals surface area contributed by atoms with E-state index in [1.54, 1.807) is 12.1 Å². The predicted octanol–water partition coefficient (Wildman–Crippen LogP) is 1.71. The van der Waals surface area contributed by atoms with Crippen LogP contribution in [0.15, 0.2) is 22.7 Å². The summed E-state index contributed by atoms with van der Waals surface area (Å²) in [5, 5.41) is 6.27. The average Bonchev–Trinajstić information content (AvgIpc) is 2.56. The van der Waals surface area contributed by atoms with Gasteiger partial charge in [-0.05, 0) is 50.0 Å². The van der Waals surface area contributed by atoms with Crippen LogP contribution in [0.4, 0.5) is 5.69 Å². The van der Waals surface area contributed by atoms with Crippen molar-refractivity contribution in [1.82, 2.24) is 10.6 Å². The van der Waals surface area contributed by atoms with E-state index in [1.807, 2.05) is 6.07 Å². The van der Waals surface area contributed by atoms with E-state index >= 15 is 0 Å². The predicted molar refractivity (Wildman–Crippen MR) is 97.8 cm³/mol. The molecule has 132 valence electrons. The van der Waals surface area contributed by atoms with Crippen LogP contribution in [0, 0.1) is 5.92 Å². The largest absolute Gasteiger partial charge is 0.482 e. The summed E-state index contributed by atoms with van der Waals surface area (Å²) in [7, 11) is 0. The van der Waals surface area contributed by atoms with Gasteiger partial charge in [-0.25, -0.2) is 0 Å². The van der Waals surface area contributed by atoms with Crippen LogP contribution in [0.25, 0.3) is 0 Å². The highest BCUT2D eigenvalue weighted by atomic mass is 79.9. The molecule has 24 heavy (non-hydrogen) atoms. The fourth-order valence-corrected chi connectivity index (χ4v) is 3.25. The first-order valence-electron chi connectivity index (χ1n) is 7.83. The van der Waals surface area contributed by atoms with Crippen LogP contribution >= 0.6 is 28.3 Å². The minimum atomic E-state index is -0.200. The van der Waals surface area contributed by atoms with Crippen LogP contribution in [-0.4, -0.2) is 44.6 Å². The van der Waals surface area contributed by atoms with Gasteiger partial charge in [0.25, 0.3) is 5.91 Å². The van der Waals surface area contributed by atoms with E-state index in [4.69, 9.17) is 4.74 Å². The van der Waals surface area contributed by atoms with Gasteiger partial charge in [-0.2, -0.15) is 0 Å². The summed E-state index contributed by atoms with van der Waals surface area (Å²) in [5.41, 5.74) is 0.638. The van der Waals surface area contributed by atoms with Gasteiger partial charge in [0.2, 0.25) is 5.91 Å². The van der Waals surface area contributed by atoms with Crippen LogP contribution in [-0.2, 0) is 9.59 Å². The maximum Gasteiger partial charge on any atom is 0.265 e. The van der Waals surface area contributed by atoms with Crippen LogP contribution < -0.4 is 20.3 Å². The lowest BCUT2D eigenvalue weighted by atomic mass is 10.00. The second-order valence-electron chi connectivity index (χ2n) is 5.90. The topological polar surface area (TPSA) is 70.7 Å². The molecular weight excluding hydrogens is 398 g/mol. The first kappa shape index (κ1) is 19.0. The molecule has 0 aromatic heterocycles. The third kappa shape index (κ3) is 4.62. The fraction of sp³-hybridized carbons (Fsp3) is 0.500. The molecule has 1 saturated heterocycles. The van der Waals surface area contributed by atoms with E-state index in [9.17, 15) is 9.59 Å². The van der Waals surface area contributed by atoms with Gasteiger partial charge in [0.05, 0.1) is 5.69 Å². The van der Waals surface area contributed by atoms with Gasteiger partial charge < -0.3 is 15.4 Å². The summed E-state index contributed by atoms with van der Waals surface area (Å²) in [4.78, 5) is 25.8. The quantitative estimate of drug-likeness (QED) is 0.781. The van der Waals surface area contributed by atoms with Crippen LogP contribution in [0.1, 0.15) is 12.8 Å². The maximum absolute atomic E-state index is 12.2. The lowest BCUT2D eigenvalue weighted by Gasteiger charge is -2.29. The van der Waals surface area contributed by atoms with Crippen molar-refractivity contribution in [3.8, 4) is 5.75 Å². The molecule has 2 heterocycles. The number of hydrogen-bond donors (Lipinski definition) is 2. The van der Waals surface area contributed by atoms with E-state index in [0.29, 0.717) is 23.9 Å². The monoisotopic (exact) mass is 417 g/mol. The molecule has 6 nitrogen and oxygen atoms in total. The number of fused-ring (bicyclic) bond motifs is 1. The second kappa shape index (κ2) is 8.69. The Morgan fingerprint density at radius 3 is 3.04 bits per heavy atom. The number of anilines is 1. The number of nitrogens with zero attached hydrogens (tertiary/aromatic N) is 1. The highest BCUT2D eigenvalue weighted by Gasteiger charge is 2.27. The number of rotatable bonds is 4. The summed E-state index contributed by atoms with van der Waals surface area (Å²) >= 11 is 3.38. The lowest BCUT2D eigenvalue weighted by Crippen LogP contribution is -2.46. The Morgan fingerprint density at radius 2 is 2.29 bits per heavy atom. The average molecular weight is 419 g/mol. The Bertz CT molecular complexity index is 608. The Balaban J connectivity index is 0.00000208. The van der Waals surface area contributed by atoms with Crippen molar-refractivity contribution < 1.29 is 14.3 Å². The molecule has 0 bridgehead atoms. The Kier molecular flexibility index (Phi) is 6.89. The molecule has 1 fully saturated rings. The van der Waals surface area contributed by atoms with Crippen molar-refractivity contribution in [2.45, 2.75) is 12.8 Å². The van der Waals surface area contributed by atoms with E-state index in [0.717, 1.165) is 30.4 Å². The molecular formula is C16H21BrClN3O3. The number of hydrogen-bond acceptors (Lipinski definition) is 4. The van der Waals surface area contributed by atoms with E-state index in [2.05, 4.69) is 26.6 Å². The van der Waals surface area contributed by atoms with E-state index in [-0.39, 0.29) is 37.4 Å². The Labute approximate surface area is 155 Å². The zero-order valence-electron chi connectivity index (χ0n) is 13.2. The number of nitrogens with one attached hydrogen (secondary N) is 2. The highest BCUT2D eigenvalue weighted by molar-refractivity contribution is 9.10. The van der Waals surface area contributed by atoms with Crippen molar-refractivity contribution in [2.75, 3.05) is 37.7 Å². The van der Waals surface area contributed by atoms with Gasteiger partial charge >= 0.3 is 0 Å². The number of amides is 2. The third-order valence-corrected chi connectivity index (χ3v) is 4.65. The molecule has 2 amide bonds. The molecule has 1 aromatic carbocycles. The number of carbonyl (C=O) groups excluding carboxylic acids is 2. The normalized spacial score (nSPS) is 19.8. The van der Waals surface area contributed by atoms with Crippen molar-refractivity contribution in [1.29, 1.82) is 0 Å². The van der Waals surface area contributed by atoms with Crippen LogP contribution in [0.2, 0.25) is 0 Å². The number of ether oxygens (including phenoxy) is 1. The van der Waals surface area contributed by atoms with Crippen molar-refractivity contribution in [3.05, 3.63) is 22.7 Å². The zero-order chi connectivity index (χ0) is 16.2. The third-order valence-electron chi connectivity index (χ3n) is 4.15. The molecule has 3 rings (SSSR count). The van der Waals surface area contributed by atoms with E-state index in [1.165, 1.54) is 4.90 Å². The maximum atomic E-state index is 12.2. The zero-order valence-corrected chi connectivity index (χ0v) is 15.6. The molecule has 2 N–H and O–H groups in total. The van der Waals surface area contributed by atoms with Crippen LogP contribution in [0.5, 0.6) is 5.75 Å². The molecule has 0 radical (unpaired) electrons. The van der Waals surface area contributed by atoms with Gasteiger partial charge in [0.1, 0.15) is 12.3 Å². The number of carbonyl (C=O) groups is 2. The molecule has 2 aliphatic heterocycles. The second-order valence-corrected chi connectivity index (χ2v) is 6.81. The first-order valence-corrected chi connectivity index (χ1v) is 8.63. The van der Waals surface area contributed by atoms with Gasteiger partial charge in [-0.3, -0.25) is 14.5 Å². The summed E-state index contributed by atoms with van der Waals surface area (Å²) in [6.45, 7) is 2.63.